The highest BCUT2D eigenvalue weighted by molar-refractivity contribution is 7.89. The van der Waals surface area contributed by atoms with Gasteiger partial charge in [-0.25, -0.2) is 13.1 Å². The Bertz CT molecular complexity index is 870. The van der Waals surface area contributed by atoms with E-state index in [9.17, 15) is 26.7 Å². The maximum atomic E-state index is 12.5. The Morgan fingerprint density at radius 1 is 1.19 bits per heavy atom. The molecule has 0 amide bonds. The van der Waals surface area contributed by atoms with Crippen molar-refractivity contribution >= 4 is 21.6 Å². The van der Waals surface area contributed by atoms with Crippen molar-refractivity contribution in [1.29, 1.82) is 0 Å². The Hall–Kier alpha value is -1.81. The van der Waals surface area contributed by atoms with Gasteiger partial charge in [-0.1, -0.05) is 23.7 Å². The van der Waals surface area contributed by atoms with Crippen LogP contribution in [0.25, 0.3) is 0 Å². The molecule has 0 heterocycles. The van der Waals surface area contributed by atoms with Gasteiger partial charge >= 0.3 is 6.18 Å². The summed E-state index contributed by atoms with van der Waals surface area (Å²) < 4.78 is 69.5. The summed E-state index contributed by atoms with van der Waals surface area (Å²) in [7, 11) is -2.77. The molecule has 2 rings (SSSR count). The van der Waals surface area contributed by atoms with E-state index in [0.717, 1.165) is 24.3 Å². The number of sulfonamides is 1. The van der Waals surface area contributed by atoms with Crippen LogP contribution >= 0.6 is 11.6 Å². The summed E-state index contributed by atoms with van der Waals surface area (Å²) in [5.74, 6) is 0.0610. The highest BCUT2D eigenvalue weighted by Crippen LogP contribution is 2.30. The Kier molecular flexibility index (Phi) is 6.17. The maximum Gasteiger partial charge on any atom is 0.416 e. The van der Waals surface area contributed by atoms with E-state index in [1.54, 1.807) is 0 Å². The zero-order valence-corrected chi connectivity index (χ0v) is 15.0. The normalized spacial score (nSPS) is 13.5. The minimum absolute atomic E-state index is 0.0610. The number of rotatable bonds is 6. The number of methoxy groups -OCH3 is 1. The van der Waals surface area contributed by atoms with E-state index in [-0.39, 0.29) is 21.2 Å². The molecule has 0 aromatic heterocycles. The van der Waals surface area contributed by atoms with Gasteiger partial charge in [0.15, 0.2) is 0 Å². The van der Waals surface area contributed by atoms with Crippen molar-refractivity contribution in [3.63, 3.8) is 0 Å². The van der Waals surface area contributed by atoms with Crippen molar-refractivity contribution in [3.8, 4) is 5.75 Å². The predicted octanol–water partition coefficient (Wildman–Crippen LogP) is 3.38. The third kappa shape index (κ3) is 4.88. The van der Waals surface area contributed by atoms with E-state index in [1.165, 1.54) is 25.3 Å². The predicted molar refractivity (Wildman–Crippen MR) is 89.6 cm³/mol. The highest BCUT2D eigenvalue weighted by Gasteiger charge is 2.30. The summed E-state index contributed by atoms with van der Waals surface area (Å²) in [6.07, 6.45) is -5.83. The number of halogens is 4. The number of nitrogens with one attached hydrogen (secondary N) is 1. The number of alkyl halides is 3. The first-order valence-corrected chi connectivity index (χ1v) is 9.09. The molecular weight excluding hydrogens is 395 g/mol. The van der Waals surface area contributed by atoms with Crippen LogP contribution in [0.2, 0.25) is 5.02 Å². The average molecular weight is 410 g/mol. The third-order valence-electron chi connectivity index (χ3n) is 3.50. The van der Waals surface area contributed by atoms with Gasteiger partial charge in [0, 0.05) is 11.6 Å². The molecule has 0 spiro atoms. The molecule has 10 heteroatoms. The van der Waals surface area contributed by atoms with Crippen LogP contribution in [-0.4, -0.2) is 27.2 Å². The zero-order valence-electron chi connectivity index (χ0n) is 13.4. The van der Waals surface area contributed by atoms with Crippen molar-refractivity contribution < 1.29 is 31.4 Å². The standard InChI is InChI=1S/C16H15ClF3NO4S/c1-25-14-7-6-12(17)8-15(14)26(23,24)21-9-13(22)10-2-4-11(5-3-10)16(18,19)20/h2-8,13,21-22H,9H2,1H3. The Morgan fingerprint density at radius 3 is 2.35 bits per heavy atom. The van der Waals surface area contributed by atoms with Gasteiger partial charge in [-0.05, 0) is 35.9 Å². The van der Waals surface area contributed by atoms with E-state index in [1.807, 2.05) is 0 Å². The maximum absolute atomic E-state index is 12.5. The molecule has 0 aliphatic carbocycles. The van der Waals surface area contributed by atoms with E-state index in [0.29, 0.717) is 0 Å². The molecule has 0 bridgehead atoms. The second-order valence-corrected chi connectivity index (χ2v) is 7.45. The molecule has 1 unspecified atom stereocenters. The quantitative estimate of drug-likeness (QED) is 0.767. The monoisotopic (exact) mass is 409 g/mol. The molecule has 2 N–H and O–H groups in total. The van der Waals surface area contributed by atoms with Crippen LogP contribution < -0.4 is 9.46 Å². The minimum Gasteiger partial charge on any atom is -0.495 e. The molecule has 2 aromatic carbocycles. The lowest BCUT2D eigenvalue weighted by atomic mass is 10.1. The summed E-state index contributed by atoms with van der Waals surface area (Å²) in [4.78, 5) is -0.216. The van der Waals surface area contributed by atoms with Gasteiger partial charge in [-0.3, -0.25) is 0 Å². The molecule has 1 atom stereocenters. The molecule has 5 nitrogen and oxygen atoms in total. The molecule has 0 fully saturated rings. The van der Waals surface area contributed by atoms with Crippen LogP contribution in [0.3, 0.4) is 0 Å². The van der Waals surface area contributed by atoms with Gasteiger partial charge in [-0.15, -0.1) is 0 Å². The SMILES string of the molecule is COc1ccc(Cl)cc1S(=O)(=O)NCC(O)c1ccc(C(F)(F)F)cc1. The van der Waals surface area contributed by atoms with E-state index in [2.05, 4.69) is 4.72 Å². The second kappa shape index (κ2) is 7.83. The van der Waals surface area contributed by atoms with Crippen molar-refractivity contribution in [2.45, 2.75) is 17.2 Å². The van der Waals surface area contributed by atoms with Crippen molar-refractivity contribution in [1.82, 2.24) is 4.72 Å². The number of aliphatic hydroxyl groups is 1. The van der Waals surface area contributed by atoms with Crippen LogP contribution in [0.5, 0.6) is 5.75 Å². The summed E-state index contributed by atoms with van der Waals surface area (Å²) in [6, 6.07) is 7.82. The van der Waals surface area contributed by atoms with Crippen molar-refractivity contribution in [2.24, 2.45) is 0 Å². The molecule has 2 aromatic rings. The van der Waals surface area contributed by atoms with Crippen LogP contribution in [-0.2, 0) is 16.2 Å². The van der Waals surface area contributed by atoms with Gasteiger partial charge in [0.1, 0.15) is 10.6 Å². The van der Waals surface area contributed by atoms with Gasteiger partial charge in [0.2, 0.25) is 10.0 Å². The molecule has 26 heavy (non-hydrogen) atoms. The third-order valence-corrected chi connectivity index (χ3v) is 5.18. The van der Waals surface area contributed by atoms with Crippen molar-refractivity contribution in [2.75, 3.05) is 13.7 Å². The minimum atomic E-state index is -4.49. The topological polar surface area (TPSA) is 75.6 Å². The van der Waals surface area contributed by atoms with Crippen LogP contribution in [0.1, 0.15) is 17.2 Å². The molecule has 0 saturated carbocycles. The Labute approximate surface area is 153 Å². The van der Waals surface area contributed by atoms with Crippen LogP contribution in [0.15, 0.2) is 47.4 Å². The zero-order chi connectivity index (χ0) is 19.5. The van der Waals surface area contributed by atoms with Gasteiger partial charge in [-0.2, -0.15) is 13.2 Å². The molecule has 0 aliphatic heterocycles. The van der Waals surface area contributed by atoms with E-state index >= 15 is 0 Å². The fraction of sp³-hybridized carbons (Fsp3) is 0.250. The molecule has 142 valence electrons. The summed E-state index contributed by atoms with van der Waals surface area (Å²) >= 11 is 5.80. The Morgan fingerprint density at radius 2 is 1.81 bits per heavy atom. The lowest BCUT2D eigenvalue weighted by Gasteiger charge is -2.15. The molecule has 0 radical (unpaired) electrons. The smallest absolute Gasteiger partial charge is 0.416 e. The number of aliphatic hydroxyl groups excluding tert-OH is 1. The van der Waals surface area contributed by atoms with Crippen molar-refractivity contribution in [3.05, 3.63) is 58.6 Å². The summed E-state index contributed by atoms with van der Waals surface area (Å²) in [5.41, 5.74) is -0.726. The number of hydrogen-bond donors (Lipinski definition) is 2. The number of benzene rings is 2. The first kappa shape index (κ1) is 20.5. The summed E-state index contributed by atoms with van der Waals surface area (Å²) in [5, 5.41) is 10.2. The fourth-order valence-electron chi connectivity index (χ4n) is 2.14. The average Bonchev–Trinajstić information content (AvgIpc) is 2.59. The second-order valence-electron chi connectivity index (χ2n) is 5.28. The first-order chi connectivity index (χ1) is 12.0. The van der Waals surface area contributed by atoms with Gasteiger partial charge < -0.3 is 9.84 Å². The number of hydrogen-bond acceptors (Lipinski definition) is 4. The molecule has 0 saturated heterocycles. The Balaban J connectivity index is 2.13. The molecular formula is C16H15ClF3NO4S. The lowest BCUT2D eigenvalue weighted by molar-refractivity contribution is -0.137. The van der Waals surface area contributed by atoms with Crippen LogP contribution in [0.4, 0.5) is 13.2 Å². The van der Waals surface area contributed by atoms with E-state index < -0.39 is 34.4 Å². The van der Waals surface area contributed by atoms with Crippen LogP contribution in [0, 0.1) is 0 Å². The number of ether oxygens (including phenoxy) is 1. The fourth-order valence-corrected chi connectivity index (χ4v) is 3.61. The first-order valence-electron chi connectivity index (χ1n) is 7.23. The van der Waals surface area contributed by atoms with Gasteiger partial charge in [0.05, 0.1) is 18.8 Å². The van der Waals surface area contributed by atoms with E-state index in [4.69, 9.17) is 16.3 Å². The summed E-state index contributed by atoms with van der Waals surface area (Å²) in [6.45, 7) is -0.441. The van der Waals surface area contributed by atoms with Gasteiger partial charge in [0.25, 0.3) is 0 Å². The molecule has 0 aliphatic rings. The lowest BCUT2D eigenvalue weighted by Crippen LogP contribution is -2.29. The largest absolute Gasteiger partial charge is 0.495 e. The highest BCUT2D eigenvalue weighted by atomic mass is 35.5.